The topological polar surface area (TPSA) is 85.2 Å². The van der Waals surface area contributed by atoms with E-state index in [0.717, 1.165) is 0 Å². The summed E-state index contributed by atoms with van der Waals surface area (Å²) in [4.78, 5) is 11.7. The van der Waals surface area contributed by atoms with Crippen molar-refractivity contribution in [2.45, 2.75) is 17.1 Å². The largest absolute Gasteiger partial charge is 0.350 e. The predicted octanol–water partition coefficient (Wildman–Crippen LogP) is 0.449. The average molecular weight is 327 g/mol. The second-order valence-electron chi connectivity index (χ2n) is 4.13. The van der Waals surface area contributed by atoms with Gasteiger partial charge in [-0.1, -0.05) is 0 Å². The Morgan fingerprint density at radius 2 is 2.16 bits per heavy atom. The number of nitrogens with zero attached hydrogens (tertiary/aromatic N) is 1. The Labute approximate surface area is 119 Å². The van der Waals surface area contributed by atoms with Crippen molar-refractivity contribution in [1.82, 2.24) is 9.88 Å². The van der Waals surface area contributed by atoms with E-state index >= 15 is 0 Å². The molecule has 1 rings (SSSR count). The highest BCUT2D eigenvalue weighted by Crippen LogP contribution is 2.17. The van der Waals surface area contributed by atoms with Crippen LogP contribution in [0.3, 0.4) is 0 Å². The summed E-state index contributed by atoms with van der Waals surface area (Å²) >= 11 is 0. The van der Waals surface area contributed by atoms with Crippen molar-refractivity contribution >= 4 is 36.4 Å². The zero-order valence-electron chi connectivity index (χ0n) is 10.7. The number of hydrogen-bond acceptors (Lipinski definition) is 4. The molecule has 19 heavy (non-hydrogen) atoms. The smallest absolute Gasteiger partial charge is 0.267 e. The molecule has 0 radical (unpaired) electrons. The molecule has 0 bridgehead atoms. The first-order valence-corrected chi connectivity index (χ1v) is 9.27. The summed E-state index contributed by atoms with van der Waals surface area (Å²) in [5.74, 6) is -0.439. The summed E-state index contributed by atoms with van der Waals surface area (Å²) in [5.41, 5.74) is 0.174. The molecular formula is C10H15ClN2O4S2. The Kier molecular flexibility index (Phi) is 5.17. The normalized spacial score (nSPS) is 14.9. The molecular weight excluding hydrogens is 312 g/mol. The Balaban J connectivity index is 2.84. The molecule has 6 nitrogen and oxygen atoms in total. The number of rotatable bonds is 5. The maximum absolute atomic E-state index is 11.9. The van der Waals surface area contributed by atoms with Gasteiger partial charge in [-0.25, -0.2) is 8.42 Å². The van der Waals surface area contributed by atoms with Crippen molar-refractivity contribution < 1.29 is 17.4 Å². The molecule has 0 saturated carbocycles. The monoisotopic (exact) mass is 326 g/mol. The summed E-state index contributed by atoms with van der Waals surface area (Å²) in [6.07, 6.45) is 2.82. The molecule has 0 aliphatic carbocycles. The lowest BCUT2D eigenvalue weighted by atomic mass is 10.4. The number of hydrogen-bond donors (Lipinski definition) is 1. The number of aryl methyl sites for hydroxylation is 1. The number of nitrogens with one attached hydrogen (secondary N) is 1. The fourth-order valence-electron chi connectivity index (χ4n) is 1.34. The summed E-state index contributed by atoms with van der Waals surface area (Å²) in [7, 11) is 1.85. The van der Waals surface area contributed by atoms with Crippen molar-refractivity contribution in [1.29, 1.82) is 0 Å². The highest BCUT2D eigenvalue weighted by molar-refractivity contribution is 8.13. The molecule has 0 aliphatic rings. The van der Waals surface area contributed by atoms with Gasteiger partial charge in [-0.2, -0.15) is 0 Å². The minimum Gasteiger partial charge on any atom is -0.350 e. The van der Waals surface area contributed by atoms with Crippen molar-refractivity contribution in [3.8, 4) is 0 Å². The number of aromatic nitrogens is 1. The van der Waals surface area contributed by atoms with Crippen molar-refractivity contribution in [2.75, 3.05) is 12.8 Å². The Hall–Kier alpha value is -0.860. The molecule has 1 N–H and O–H groups in total. The van der Waals surface area contributed by atoms with E-state index in [1.54, 1.807) is 20.2 Å². The number of carbonyl (C=O) groups excluding carboxylic acids is 1. The van der Waals surface area contributed by atoms with E-state index < -0.39 is 25.8 Å². The van der Waals surface area contributed by atoms with Crippen molar-refractivity contribution in [3.05, 3.63) is 18.0 Å². The van der Waals surface area contributed by atoms with Gasteiger partial charge >= 0.3 is 0 Å². The van der Waals surface area contributed by atoms with Gasteiger partial charge in [-0.15, -0.1) is 0 Å². The molecule has 9 heteroatoms. The third-order valence-corrected chi connectivity index (χ3v) is 5.23. The van der Waals surface area contributed by atoms with Gasteiger partial charge in [0.25, 0.3) is 15.0 Å². The second-order valence-corrected chi connectivity index (χ2v) is 8.50. The fraction of sp³-hybridized carbons (Fsp3) is 0.500. The highest BCUT2D eigenvalue weighted by atomic mass is 35.7. The number of halogens is 1. The van der Waals surface area contributed by atoms with Gasteiger partial charge in [0, 0.05) is 52.8 Å². The van der Waals surface area contributed by atoms with E-state index in [-0.39, 0.29) is 22.4 Å². The first kappa shape index (κ1) is 16.2. The van der Waals surface area contributed by atoms with Gasteiger partial charge in [-0.3, -0.25) is 9.00 Å². The molecule has 0 aromatic carbocycles. The van der Waals surface area contributed by atoms with Gasteiger partial charge in [0.15, 0.2) is 0 Å². The van der Waals surface area contributed by atoms with Crippen LogP contribution in [0, 0.1) is 0 Å². The minimum atomic E-state index is -3.86. The van der Waals surface area contributed by atoms with Crippen molar-refractivity contribution in [2.24, 2.45) is 7.05 Å². The maximum atomic E-state index is 11.9. The lowest BCUT2D eigenvalue weighted by Crippen LogP contribution is -2.33. The molecule has 1 heterocycles. The standard InChI is InChI=1S/C10H15ClN2O4S2/c1-7(18(3)15)5-12-10(14)9-4-8(6-13(9)2)19(11,16)17/h4,6-7H,5H2,1-3H3,(H,12,14). The molecule has 108 valence electrons. The molecule has 0 saturated heterocycles. The first-order valence-electron chi connectivity index (χ1n) is 5.34. The number of amides is 1. The molecule has 1 aromatic heterocycles. The van der Waals surface area contributed by atoms with Crippen LogP contribution >= 0.6 is 10.7 Å². The van der Waals surface area contributed by atoms with E-state index in [0.29, 0.717) is 0 Å². The SMILES string of the molecule is CC(CNC(=O)c1cc(S(=O)(=O)Cl)cn1C)S(C)=O. The fourth-order valence-corrected chi connectivity index (χ4v) is 2.45. The van der Waals surface area contributed by atoms with E-state index in [2.05, 4.69) is 5.32 Å². The van der Waals surface area contributed by atoms with Crippen LogP contribution in [0.1, 0.15) is 17.4 Å². The Bertz CT molecular complexity index is 609. The predicted molar refractivity (Wildman–Crippen MR) is 74.3 cm³/mol. The lowest BCUT2D eigenvalue weighted by molar-refractivity contribution is 0.0946. The summed E-state index contributed by atoms with van der Waals surface area (Å²) in [5, 5.41) is 2.41. The zero-order chi connectivity index (χ0) is 14.8. The average Bonchev–Trinajstić information content (AvgIpc) is 2.67. The molecule has 0 fully saturated rings. The Morgan fingerprint density at radius 3 is 2.58 bits per heavy atom. The Morgan fingerprint density at radius 1 is 1.58 bits per heavy atom. The summed E-state index contributed by atoms with van der Waals surface area (Å²) in [6, 6.07) is 1.20. The van der Waals surface area contributed by atoms with Gasteiger partial charge in [-0.05, 0) is 13.0 Å². The maximum Gasteiger partial charge on any atom is 0.267 e. The van der Waals surface area contributed by atoms with E-state index in [1.807, 2.05) is 0 Å². The van der Waals surface area contributed by atoms with E-state index in [1.165, 1.54) is 16.8 Å². The molecule has 0 aliphatic heterocycles. The summed E-state index contributed by atoms with van der Waals surface area (Å²) in [6.45, 7) is 1.99. The molecule has 2 unspecified atom stereocenters. The second kappa shape index (κ2) is 6.06. The molecule has 2 atom stereocenters. The third kappa shape index (κ3) is 4.32. The quantitative estimate of drug-likeness (QED) is 0.796. The van der Waals surface area contributed by atoms with E-state index in [4.69, 9.17) is 10.7 Å². The first-order chi connectivity index (χ1) is 8.62. The zero-order valence-corrected chi connectivity index (χ0v) is 13.1. The molecule has 1 amide bonds. The number of carbonyl (C=O) groups is 1. The summed E-state index contributed by atoms with van der Waals surface area (Å²) < 4.78 is 34.8. The van der Waals surface area contributed by atoms with Crippen LogP contribution < -0.4 is 5.32 Å². The van der Waals surface area contributed by atoms with Gasteiger partial charge in [0.1, 0.15) is 10.6 Å². The van der Waals surface area contributed by atoms with Crippen LogP contribution in [0.5, 0.6) is 0 Å². The van der Waals surface area contributed by atoms with Gasteiger partial charge < -0.3 is 9.88 Å². The molecule has 1 aromatic rings. The van der Waals surface area contributed by atoms with E-state index in [9.17, 15) is 17.4 Å². The van der Waals surface area contributed by atoms with Crippen LogP contribution in [-0.4, -0.2) is 41.2 Å². The minimum absolute atomic E-state index is 0.131. The van der Waals surface area contributed by atoms with Crippen LogP contribution in [-0.2, 0) is 26.9 Å². The van der Waals surface area contributed by atoms with Gasteiger partial charge in [0.05, 0.1) is 0 Å². The molecule has 0 spiro atoms. The van der Waals surface area contributed by atoms with Crippen molar-refractivity contribution in [3.63, 3.8) is 0 Å². The van der Waals surface area contributed by atoms with Gasteiger partial charge in [0.2, 0.25) is 0 Å². The van der Waals surface area contributed by atoms with Crippen LogP contribution in [0.15, 0.2) is 17.2 Å². The van der Waals surface area contributed by atoms with Crippen LogP contribution in [0.4, 0.5) is 0 Å². The van der Waals surface area contributed by atoms with Crippen LogP contribution in [0.25, 0.3) is 0 Å². The third-order valence-electron chi connectivity index (χ3n) is 2.61. The lowest BCUT2D eigenvalue weighted by Gasteiger charge is -2.10. The van der Waals surface area contributed by atoms with Crippen LogP contribution in [0.2, 0.25) is 0 Å². The highest BCUT2D eigenvalue weighted by Gasteiger charge is 2.19.